The second kappa shape index (κ2) is 6.09. The van der Waals surface area contributed by atoms with Gasteiger partial charge in [0.05, 0.1) is 13.3 Å². The standard InChI is InChI=1S/C15H14FNO2/c1-19-13-6-2-11(3-7-13)4-9-15(18)14-8-5-12(16)10-17-14/h2-3,5-8,10H,4,9H2,1H3. The van der Waals surface area contributed by atoms with Gasteiger partial charge in [-0.2, -0.15) is 0 Å². The van der Waals surface area contributed by atoms with Gasteiger partial charge in [-0.05, 0) is 36.2 Å². The Kier molecular flexibility index (Phi) is 4.23. The largest absolute Gasteiger partial charge is 0.497 e. The molecule has 2 rings (SSSR count). The zero-order chi connectivity index (χ0) is 13.7. The van der Waals surface area contributed by atoms with E-state index in [1.165, 1.54) is 12.1 Å². The molecule has 0 spiro atoms. The minimum absolute atomic E-state index is 0.0872. The summed E-state index contributed by atoms with van der Waals surface area (Å²) in [6.07, 6.45) is 2.04. The van der Waals surface area contributed by atoms with Crippen LogP contribution in [0.25, 0.3) is 0 Å². The molecule has 0 aliphatic heterocycles. The Balaban J connectivity index is 1.94. The summed E-state index contributed by atoms with van der Waals surface area (Å²) in [7, 11) is 1.61. The van der Waals surface area contributed by atoms with Crippen molar-refractivity contribution in [3.63, 3.8) is 0 Å². The lowest BCUT2D eigenvalue weighted by Gasteiger charge is -2.03. The number of carbonyl (C=O) groups excluding carboxylic acids is 1. The van der Waals surface area contributed by atoms with Gasteiger partial charge < -0.3 is 4.74 Å². The first-order valence-electron chi connectivity index (χ1n) is 5.97. The molecule has 0 fully saturated rings. The molecule has 0 aliphatic carbocycles. The van der Waals surface area contributed by atoms with Crippen molar-refractivity contribution in [2.24, 2.45) is 0 Å². The number of ether oxygens (including phenoxy) is 1. The molecule has 19 heavy (non-hydrogen) atoms. The molecule has 1 heterocycles. The van der Waals surface area contributed by atoms with E-state index in [1.54, 1.807) is 7.11 Å². The number of benzene rings is 1. The third-order valence-electron chi connectivity index (χ3n) is 2.81. The Morgan fingerprint density at radius 2 is 1.95 bits per heavy atom. The molecule has 0 unspecified atom stereocenters. The Bertz CT molecular complexity index is 549. The van der Waals surface area contributed by atoms with Crippen molar-refractivity contribution in [2.75, 3.05) is 7.11 Å². The number of rotatable bonds is 5. The molecule has 0 radical (unpaired) electrons. The van der Waals surface area contributed by atoms with Gasteiger partial charge in [-0.25, -0.2) is 4.39 Å². The second-order valence-electron chi connectivity index (χ2n) is 4.13. The summed E-state index contributed by atoms with van der Waals surface area (Å²) in [6, 6.07) is 10.2. The van der Waals surface area contributed by atoms with Crippen molar-refractivity contribution in [1.29, 1.82) is 0 Å². The van der Waals surface area contributed by atoms with Crippen LogP contribution in [0, 0.1) is 5.82 Å². The van der Waals surface area contributed by atoms with Gasteiger partial charge in [0.1, 0.15) is 17.3 Å². The van der Waals surface area contributed by atoms with E-state index < -0.39 is 5.82 Å². The number of Topliss-reactive ketones (excluding diaryl/α,β-unsaturated/α-hetero) is 1. The lowest BCUT2D eigenvalue weighted by molar-refractivity contribution is 0.0978. The Labute approximate surface area is 111 Å². The van der Waals surface area contributed by atoms with E-state index in [4.69, 9.17) is 4.74 Å². The first-order chi connectivity index (χ1) is 9.19. The quantitative estimate of drug-likeness (QED) is 0.775. The maximum atomic E-state index is 12.7. The predicted octanol–water partition coefficient (Wildman–Crippen LogP) is 3.04. The van der Waals surface area contributed by atoms with E-state index in [-0.39, 0.29) is 5.78 Å². The van der Waals surface area contributed by atoms with E-state index in [9.17, 15) is 9.18 Å². The fourth-order valence-corrected chi connectivity index (χ4v) is 1.72. The smallest absolute Gasteiger partial charge is 0.181 e. The summed E-state index contributed by atoms with van der Waals surface area (Å²) < 4.78 is 17.7. The average Bonchev–Trinajstić information content (AvgIpc) is 2.46. The van der Waals surface area contributed by atoms with E-state index in [1.807, 2.05) is 24.3 Å². The summed E-state index contributed by atoms with van der Waals surface area (Å²) in [4.78, 5) is 15.6. The number of halogens is 1. The van der Waals surface area contributed by atoms with Crippen LogP contribution in [0.1, 0.15) is 22.5 Å². The fraction of sp³-hybridized carbons (Fsp3) is 0.200. The topological polar surface area (TPSA) is 39.2 Å². The zero-order valence-corrected chi connectivity index (χ0v) is 10.6. The molecule has 1 aromatic heterocycles. The number of pyridine rings is 1. The molecular weight excluding hydrogens is 245 g/mol. The average molecular weight is 259 g/mol. The van der Waals surface area contributed by atoms with E-state index in [2.05, 4.69) is 4.98 Å². The Morgan fingerprint density at radius 3 is 2.53 bits per heavy atom. The number of nitrogens with zero attached hydrogens (tertiary/aromatic N) is 1. The van der Waals surface area contributed by atoms with Crippen LogP contribution >= 0.6 is 0 Å². The van der Waals surface area contributed by atoms with Crippen molar-refractivity contribution in [3.8, 4) is 5.75 Å². The number of hydrogen-bond donors (Lipinski definition) is 0. The van der Waals surface area contributed by atoms with Crippen molar-refractivity contribution < 1.29 is 13.9 Å². The first kappa shape index (κ1) is 13.2. The summed E-state index contributed by atoms with van der Waals surface area (Å²) in [5, 5.41) is 0. The minimum atomic E-state index is -0.438. The minimum Gasteiger partial charge on any atom is -0.497 e. The molecule has 0 aliphatic rings. The van der Waals surface area contributed by atoms with Crippen molar-refractivity contribution in [3.05, 3.63) is 59.7 Å². The highest BCUT2D eigenvalue weighted by Crippen LogP contribution is 2.13. The van der Waals surface area contributed by atoms with Gasteiger partial charge in [-0.15, -0.1) is 0 Å². The van der Waals surface area contributed by atoms with Gasteiger partial charge in [0.15, 0.2) is 5.78 Å². The zero-order valence-electron chi connectivity index (χ0n) is 10.6. The monoisotopic (exact) mass is 259 g/mol. The lowest BCUT2D eigenvalue weighted by atomic mass is 10.1. The van der Waals surface area contributed by atoms with Gasteiger partial charge >= 0.3 is 0 Å². The van der Waals surface area contributed by atoms with Crippen molar-refractivity contribution in [2.45, 2.75) is 12.8 Å². The number of hydrogen-bond acceptors (Lipinski definition) is 3. The molecule has 2 aromatic rings. The van der Waals surface area contributed by atoms with Gasteiger partial charge in [-0.3, -0.25) is 9.78 Å². The van der Waals surface area contributed by atoms with Crippen molar-refractivity contribution in [1.82, 2.24) is 4.98 Å². The molecule has 1 aromatic carbocycles. The highest BCUT2D eigenvalue weighted by atomic mass is 19.1. The highest BCUT2D eigenvalue weighted by molar-refractivity contribution is 5.94. The van der Waals surface area contributed by atoms with Crippen LogP contribution in [0.5, 0.6) is 5.75 Å². The second-order valence-corrected chi connectivity index (χ2v) is 4.13. The third-order valence-corrected chi connectivity index (χ3v) is 2.81. The number of aryl methyl sites for hydroxylation is 1. The number of methoxy groups -OCH3 is 1. The summed E-state index contributed by atoms with van der Waals surface area (Å²) >= 11 is 0. The van der Waals surface area contributed by atoms with Crippen LogP contribution in [-0.4, -0.2) is 17.9 Å². The molecule has 0 saturated heterocycles. The molecule has 0 bridgehead atoms. The fourth-order valence-electron chi connectivity index (χ4n) is 1.72. The molecule has 98 valence electrons. The van der Waals surface area contributed by atoms with Crippen LogP contribution in [0.15, 0.2) is 42.6 Å². The van der Waals surface area contributed by atoms with E-state index in [0.717, 1.165) is 17.5 Å². The van der Waals surface area contributed by atoms with E-state index >= 15 is 0 Å². The molecule has 0 atom stereocenters. The summed E-state index contributed by atoms with van der Waals surface area (Å²) in [6.45, 7) is 0. The molecule has 0 N–H and O–H groups in total. The molecule has 0 saturated carbocycles. The maximum Gasteiger partial charge on any atom is 0.181 e. The summed E-state index contributed by atoms with van der Waals surface area (Å²) in [5.41, 5.74) is 1.35. The predicted molar refractivity (Wildman–Crippen MR) is 69.8 cm³/mol. The molecule has 0 amide bonds. The highest BCUT2D eigenvalue weighted by Gasteiger charge is 2.07. The summed E-state index contributed by atoms with van der Waals surface area (Å²) in [5.74, 6) is 0.262. The van der Waals surface area contributed by atoms with Crippen LogP contribution in [0.3, 0.4) is 0 Å². The number of aromatic nitrogens is 1. The Hall–Kier alpha value is -2.23. The SMILES string of the molecule is COc1ccc(CCC(=O)c2ccc(F)cn2)cc1. The normalized spacial score (nSPS) is 10.2. The first-order valence-corrected chi connectivity index (χ1v) is 5.97. The molecule has 3 nitrogen and oxygen atoms in total. The third kappa shape index (κ3) is 3.61. The maximum absolute atomic E-state index is 12.7. The molecular formula is C15H14FNO2. The van der Waals surface area contributed by atoms with Crippen molar-refractivity contribution >= 4 is 5.78 Å². The number of ketones is 1. The molecule has 4 heteroatoms. The van der Waals surface area contributed by atoms with Crippen LogP contribution in [0.2, 0.25) is 0 Å². The van der Waals surface area contributed by atoms with Gasteiger partial charge in [0, 0.05) is 6.42 Å². The number of carbonyl (C=O) groups is 1. The van der Waals surface area contributed by atoms with Gasteiger partial charge in [0.2, 0.25) is 0 Å². The van der Waals surface area contributed by atoms with E-state index in [0.29, 0.717) is 18.5 Å². The van der Waals surface area contributed by atoms with Crippen LogP contribution in [-0.2, 0) is 6.42 Å². The lowest BCUT2D eigenvalue weighted by Crippen LogP contribution is -2.03. The van der Waals surface area contributed by atoms with Crippen LogP contribution < -0.4 is 4.74 Å². The Morgan fingerprint density at radius 1 is 1.21 bits per heavy atom. The van der Waals surface area contributed by atoms with Gasteiger partial charge in [0.25, 0.3) is 0 Å². The van der Waals surface area contributed by atoms with Gasteiger partial charge in [-0.1, -0.05) is 12.1 Å². The van der Waals surface area contributed by atoms with Crippen LogP contribution in [0.4, 0.5) is 4.39 Å².